The number of allylic oxidation sites excluding steroid dienone is 1. The molecule has 3 saturated heterocycles. The van der Waals surface area contributed by atoms with Gasteiger partial charge in [-0.1, -0.05) is 73.0 Å². The second-order valence-corrected chi connectivity index (χ2v) is 12.4. The Hall–Kier alpha value is -2.53. The van der Waals surface area contributed by atoms with Gasteiger partial charge in [-0.3, -0.25) is 5.43 Å². The molecule has 1 N–H and O–H groups in total. The minimum absolute atomic E-state index is 0.678. The quantitative estimate of drug-likeness (QED) is 0.335. The molecule has 5 rings (SSSR count). The van der Waals surface area contributed by atoms with Crippen LogP contribution in [-0.4, -0.2) is 54.7 Å². The zero-order chi connectivity index (χ0) is 32.7. The fraction of sp³-hybridized carbons (Fsp3) is 0.538. The van der Waals surface area contributed by atoms with E-state index < -0.39 is 0 Å². The van der Waals surface area contributed by atoms with E-state index >= 15 is 0 Å². The summed E-state index contributed by atoms with van der Waals surface area (Å²) in [6.45, 7) is 30.7. The number of nitrogens with one attached hydrogen (secondary N) is 1. The number of benzene rings is 2. The summed E-state index contributed by atoms with van der Waals surface area (Å²) in [4.78, 5) is 4.94. The molecule has 3 aliphatic rings. The van der Waals surface area contributed by atoms with E-state index in [9.17, 15) is 0 Å². The molecule has 246 valence electrons. The van der Waals surface area contributed by atoms with Gasteiger partial charge in [-0.05, 0) is 96.8 Å². The van der Waals surface area contributed by atoms with E-state index in [1.807, 2.05) is 12.1 Å². The van der Waals surface area contributed by atoms with E-state index in [-0.39, 0.29) is 0 Å². The maximum Gasteiger partial charge on any atom is 0.0426 e. The molecule has 2 aromatic rings. The minimum atomic E-state index is 0.678. The van der Waals surface area contributed by atoms with E-state index in [2.05, 4.69) is 117 Å². The predicted octanol–water partition coefficient (Wildman–Crippen LogP) is 10.4. The van der Waals surface area contributed by atoms with E-state index in [1.54, 1.807) is 0 Å². The van der Waals surface area contributed by atoms with Gasteiger partial charge in [-0.2, -0.15) is 0 Å². The standard InChI is InChI=1S/C14H27N3.C13H18ClN.C8H10.2C2H4/c1-13(2)16-9-6-7-14(8-12-16)15-17-10-4-3-5-11-17;1-2-12-7-3-4-9-15(12)13-8-5-6-11(14)10-13;1-7-4-3-5-8(2)6-7;2*1-2/h14-15H,1,3-12H2,2H3;5-6,8,10,12H,2-4,7,9H2,1H3;3-6H,1-2H3;2*1-2H2/t;12-;;;/m.0.../s1. The van der Waals surface area contributed by atoms with Crippen molar-refractivity contribution >= 4 is 17.3 Å². The fourth-order valence-electron chi connectivity index (χ4n) is 6.12. The topological polar surface area (TPSA) is 21.8 Å². The third kappa shape index (κ3) is 15.5. The Labute approximate surface area is 276 Å². The minimum Gasteiger partial charge on any atom is -0.375 e. The van der Waals surface area contributed by atoms with Crippen molar-refractivity contribution in [3.63, 3.8) is 0 Å². The lowest BCUT2D eigenvalue weighted by Gasteiger charge is -2.37. The van der Waals surface area contributed by atoms with Crippen molar-refractivity contribution in [2.24, 2.45) is 0 Å². The smallest absolute Gasteiger partial charge is 0.0426 e. The second kappa shape index (κ2) is 23.8. The highest BCUT2D eigenvalue weighted by Gasteiger charge is 2.21. The molecule has 2 atom stereocenters. The number of aryl methyl sites for hydroxylation is 2. The summed E-state index contributed by atoms with van der Waals surface area (Å²) in [5.74, 6) is 0. The van der Waals surface area contributed by atoms with Gasteiger partial charge in [0.25, 0.3) is 0 Å². The zero-order valence-corrected chi connectivity index (χ0v) is 29.4. The number of hydrogen-bond donors (Lipinski definition) is 1. The van der Waals surface area contributed by atoms with Crippen LogP contribution in [0.5, 0.6) is 0 Å². The molecule has 0 amide bonds. The SMILES string of the molecule is C=C.C=C.C=C(C)N1CCCC(NN2CCCCC2)CC1.CC[C@H]1CCCCN1c1cccc(Cl)c1.Cc1cccc(C)c1. The molecule has 3 aliphatic heterocycles. The van der Waals surface area contributed by atoms with Gasteiger partial charge in [-0.15, -0.1) is 26.3 Å². The number of halogens is 1. The average molecular weight is 623 g/mol. The van der Waals surface area contributed by atoms with Crippen molar-refractivity contribution in [2.75, 3.05) is 37.6 Å². The third-order valence-corrected chi connectivity index (χ3v) is 8.64. The lowest BCUT2D eigenvalue weighted by molar-refractivity contribution is 0.123. The molecule has 1 unspecified atom stereocenters. The fourth-order valence-corrected chi connectivity index (χ4v) is 6.30. The molecule has 0 bridgehead atoms. The molecule has 0 spiro atoms. The molecule has 5 heteroatoms. The molecule has 44 heavy (non-hydrogen) atoms. The second-order valence-electron chi connectivity index (χ2n) is 11.9. The van der Waals surface area contributed by atoms with Crippen LogP contribution in [0.15, 0.2) is 87.1 Å². The Bertz CT molecular complexity index is 1020. The highest BCUT2D eigenvalue weighted by Crippen LogP contribution is 2.28. The van der Waals surface area contributed by atoms with Gasteiger partial charge in [0.2, 0.25) is 0 Å². The molecular weight excluding hydrogens is 560 g/mol. The van der Waals surface area contributed by atoms with E-state index in [4.69, 9.17) is 11.6 Å². The third-order valence-electron chi connectivity index (χ3n) is 8.40. The molecule has 0 aromatic heterocycles. The maximum atomic E-state index is 6.03. The largest absolute Gasteiger partial charge is 0.375 e. The van der Waals surface area contributed by atoms with Crippen molar-refractivity contribution in [2.45, 2.75) is 104 Å². The van der Waals surface area contributed by atoms with Crippen LogP contribution in [-0.2, 0) is 0 Å². The summed E-state index contributed by atoms with van der Waals surface area (Å²) < 4.78 is 0. The predicted molar refractivity (Wildman–Crippen MR) is 198 cm³/mol. The van der Waals surface area contributed by atoms with Gasteiger partial charge in [0.15, 0.2) is 0 Å². The zero-order valence-electron chi connectivity index (χ0n) is 28.6. The number of nitrogens with zero attached hydrogens (tertiary/aromatic N) is 3. The van der Waals surface area contributed by atoms with Crippen molar-refractivity contribution < 1.29 is 0 Å². The van der Waals surface area contributed by atoms with Crippen molar-refractivity contribution in [1.82, 2.24) is 15.3 Å². The molecule has 4 nitrogen and oxygen atoms in total. The summed E-state index contributed by atoms with van der Waals surface area (Å²) in [5, 5.41) is 3.29. The van der Waals surface area contributed by atoms with Gasteiger partial charge in [0.05, 0.1) is 0 Å². The van der Waals surface area contributed by atoms with Crippen molar-refractivity contribution in [3.8, 4) is 0 Å². The van der Waals surface area contributed by atoms with Crippen LogP contribution in [0.2, 0.25) is 5.02 Å². The monoisotopic (exact) mass is 622 g/mol. The molecule has 3 heterocycles. The molecule has 0 aliphatic carbocycles. The Balaban J connectivity index is 0.000000327. The Morgan fingerprint density at radius 1 is 0.773 bits per heavy atom. The first-order valence-corrected chi connectivity index (χ1v) is 17.2. The Kier molecular flexibility index (Phi) is 21.4. The molecule has 0 saturated carbocycles. The van der Waals surface area contributed by atoms with Crippen LogP contribution in [0.4, 0.5) is 5.69 Å². The summed E-state index contributed by atoms with van der Waals surface area (Å²) in [5.41, 5.74) is 8.92. The Morgan fingerprint density at radius 2 is 1.41 bits per heavy atom. The van der Waals surface area contributed by atoms with Gasteiger partial charge in [0, 0.05) is 61.2 Å². The molecule has 0 radical (unpaired) electrons. The summed E-state index contributed by atoms with van der Waals surface area (Å²) in [7, 11) is 0. The first kappa shape index (κ1) is 39.5. The van der Waals surface area contributed by atoms with Gasteiger partial charge >= 0.3 is 0 Å². The van der Waals surface area contributed by atoms with Gasteiger partial charge < -0.3 is 9.80 Å². The number of rotatable bonds is 5. The maximum absolute atomic E-state index is 6.03. The van der Waals surface area contributed by atoms with Crippen LogP contribution < -0.4 is 10.3 Å². The lowest BCUT2D eigenvalue weighted by atomic mass is 9.99. The number of hydrazine groups is 1. The van der Waals surface area contributed by atoms with Crippen LogP contribution in [0.1, 0.15) is 89.2 Å². The van der Waals surface area contributed by atoms with E-state index in [0.717, 1.165) is 5.02 Å². The molecule has 3 fully saturated rings. The van der Waals surface area contributed by atoms with Crippen molar-refractivity contribution in [1.29, 1.82) is 0 Å². The highest BCUT2D eigenvalue weighted by atomic mass is 35.5. The number of hydrogen-bond acceptors (Lipinski definition) is 4. The summed E-state index contributed by atoms with van der Waals surface area (Å²) in [6.07, 6.45) is 13.2. The van der Waals surface area contributed by atoms with Crippen LogP contribution in [0.25, 0.3) is 0 Å². The highest BCUT2D eigenvalue weighted by molar-refractivity contribution is 6.30. The average Bonchev–Trinajstić information content (AvgIpc) is 3.30. The first-order valence-electron chi connectivity index (χ1n) is 16.8. The first-order chi connectivity index (χ1) is 21.4. The van der Waals surface area contributed by atoms with Crippen LogP contribution in [0.3, 0.4) is 0 Å². The summed E-state index contributed by atoms with van der Waals surface area (Å²) >= 11 is 6.03. The van der Waals surface area contributed by atoms with Gasteiger partial charge in [-0.25, -0.2) is 5.01 Å². The molecular formula is C39H63ClN4. The Morgan fingerprint density at radius 3 is 1.98 bits per heavy atom. The normalized spacial score (nSPS) is 20.0. The van der Waals surface area contributed by atoms with Gasteiger partial charge in [0.1, 0.15) is 0 Å². The number of likely N-dealkylation sites (tertiary alicyclic amines) is 1. The summed E-state index contributed by atoms with van der Waals surface area (Å²) in [6, 6.07) is 18.1. The lowest BCUT2D eigenvalue weighted by Crippen LogP contribution is -2.47. The van der Waals surface area contributed by atoms with Crippen molar-refractivity contribution in [3.05, 3.63) is 103 Å². The van der Waals surface area contributed by atoms with Crippen LogP contribution >= 0.6 is 11.6 Å². The molecule has 2 aromatic carbocycles. The number of piperidine rings is 2. The van der Waals surface area contributed by atoms with Crippen LogP contribution in [0, 0.1) is 13.8 Å². The number of anilines is 1. The van der Waals surface area contributed by atoms with E-state index in [0.29, 0.717) is 12.1 Å². The van der Waals surface area contributed by atoms with E-state index in [1.165, 1.54) is 119 Å².